The van der Waals surface area contributed by atoms with E-state index >= 15 is 0 Å². The van der Waals surface area contributed by atoms with Crippen LogP contribution in [0.4, 0.5) is 10.1 Å². The minimum absolute atomic E-state index is 0.168. The van der Waals surface area contributed by atoms with Crippen molar-refractivity contribution in [2.75, 3.05) is 25.6 Å². The van der Waals surface area contributed by atoms with E-state index in [1.54, 1.807) is 27.0 Å². The molecule has 23 heavy (non-hydrogen) atoms. The molecule has 6 heteroatoms. The van der Waals surface area contributed by atoms with E-state index in [0.717, 1.165) is 19.4 Å². The Kier molecular flexibility index (Phi) is 4.52. The number of halogens is 1. The van der Waals surface area contributed by atoms with Crippen LogP contribution in [0.25, 0.3) is 11.1 Å². The highest BCUT2D eigenvalue weighted by Gasteiger charge is 2.21. The Hall–Kier alpha value is -2.08. The van der Waals surface area contributed by atoms with Crippen LogP contribution in [0.1, 0.15) is 24.3 Å². The number of benzene rings is 1. The van der Waals surface area contributed by atoms with Crippen molar-refractivity contribution in [1.82, 2.24) is 5.16 Å². The van der Waals surface area contributed by atoms with Gasteiger partial charge < -0.3 is 19.3 Å². The van der Waals surface area contributed by atoms with Gasteiger partial charge in [-0.05, 0) is 32.8 Å². The SMILES string of the molecule is COc1cc(-c2c(C)noc2C)c(F)cc1NC1CCCOC1. The van der Waals surface area contributed by atoms with Crippen LogP contribution in [0.2, 0.25) is 0 Å². The van der Waals surface area contributed by atoms with Gasteiger partial charge in [-0.1, -0.05) is 5.16 Å². The van der Waals surface area contributed by atoms with E-state index in [1.165, 1.54) is 6.07 Å². The molecule has 1 fully saturated rings. The van der Waals surface area contributed by atoms with Crippen molar-refractivity contribution in [3.8, 4) is 16.9 Å². The molecule has 1 aliphatic rings. The van der Waals surface area contributed by atoms with Crippen molar-refractivity contribution in [2.45, 2.75) is 32.7 Å². The highest BCUT2D eigenvalue weighted by Crippen LogP contribution is 2.36. The van der Waals surface area contributed by atoms with E-state index < -0.39 is 0 Å². The van der Waals surface area contributed by atoms with Gasteiger partial charge in [-0.25, -0.2) is 4.39 Å². The molecule has 3 rings (SSSR count). The molecule has 1 N–H and O–H groups in total. The highest BCUT2D eigenvalue weighted by molar-refractivity contribution is 5.74. The molecule has 0 bridgehead atoms. The van der Waals surface area contributed by atoms with Crippen LogP contribution < -0.4 is 10.1 Å². The fourth-order valence-electron chi connectivity index (χ4n) is 2.97. The number of rotatable bonds is 4. The number of ether oxygens (including phenoxy) is 2. The van der Waals surface area contributed by atoms with E-state index in [0.29, 0.717) is 40.6 Å². The summed E-state index contributed by atoms with van der Waals surface area (Å²) in [5.41, 5.74) is 2.40. The molecular weight excluding hydrogens is 299 g/mol. The minimum Gasteiger partial charge on any atom is -0.495 e. The number of nitrogens with one attached hydrogen (secondary N) is 1. The standard InChI is InChI=1S/C17H21FN2O3/c1-10-17(11(2)23-20-10)13-7-16(21-3)15(8-14(13)18)19-12-5-4-6-22-9-12/h7-8,12,19H,4-6,9H2,1-3H3. The molecule has 1 unspecified atom stereocenters. The molecule has 0 radical (unpaired) electrons. The molecule has 0 aliphatic carbocycles. The second kappa shape index (κ2) is 6.58. The smallest absolute Gasteiger partial charge is 0.142 e. The summed E-state index contributed by atoms with van der Waals surface area (Å²) in [4.78, 5) is 0. The lowest BCUT2D eigenvalue weighted by atomic mass is 10.0. The molecule has 1 aromatic heterocycles. The number of nitrogens with zero attached hydrogens (tertiary/aromatic N) is 1. The number of hydrogen-bond donors (Lipinski definition) is 1. The first-order chi connectivity index (χ1) is 11.1. The summed E-state index contributed by atoms with van der Waals surface area (Å²) in [6, 6.07) is 3.32. The molecule has 124 valence electrons. The molecule has 1 aliphatic heterocycles. The largest absolute Gasteiger partial charge is 0.495 e. The number of methoxy groups -OCH3 is 1. The summed E-state index contributed by atoms with van der Waals surface area (Å²) in [5, 5.41) is 7.20. The Bertz CT molecular complexity index is 674. The molecule has 1 atom stereocenters. The molecule has 0 spiro atoms. The average molecular weight is 320 g/mol. The number of aryl methyl sites for hydroxylation is 2. The van der Waals surface area contributed by atoms with Gasteiger partial charge in [0.25, 0.3) is 0 Å². The van der Waals surface area contributed by atoms with Gasteiger partial charge in [-0.2, -0.15) is 0 Å². The summed E-state index contributed by atoms with van der Waals surface area (Å²) >= 11 is 0. The van der Waals surface area contributed by atoms with Gasteiger partial charge in [-0.3, -0.25) is 0 Å². The van der Waals surface area contributed by atoms with Crippen molar-refractivity contribution in [1.29, 1.82) is 0 Å². The van der Waals surface area contributed by atoms with Crippen molar-refractivity contribution >= 4 is 5.69 Å². The third-order valence-electron chi connectivity index (χ3n) is 4.11. The van der Waals surface area contributed by atoms with Crippen LogP contribution in [-0.2, 0) is 4.74 Å². The summed E-state index contributed by atoms with van der Waals surface area (Å²) in [6.07, 6.45) is 2.00. The van der Waals surface area contributed by atoms with Crippen LogP contribution in [0, 0.1) is 19.7 Å². The van der Waals surface area contributed by atoms with E-state index in [1.807, 2.05) is 0 Å². The van der Waals surface area contributed by atoms with Crippen molar-refractivity contribution < 1.29 is 18.4 Å². The normalized spacial score (nSPS) is 18.0. The number of aromatic nitrogens is 1. The Morgan fingerprint density at radius 1 is 1.35 bits per heavy atom. The number of anilines is 1. The zero-order chi connectivity index (χ0) is 16.4. The third-order valence-corrected chi connectivity index (χ3v) is 4.11. The first kappa shape index (κ1) is 15.8. The Morgan fingerprint density at radius 2 is 2.17 bits per heavy atom. The second-order valence-electron chi connectivity index (χ2n) is 5.79. The van der Waals surface area contributed by atoms with E-state index in [2.05, 4.69) is 10.5 Å². The van der Waals surface area contributed by atoms with Gasteiger partial charge in [0, 0.05) is 24.3 Å². The lowest BCUT2D eigenvalue weighted by Crippen LogP contribution is -2.30. The quantitative estimate of drug-likeness (QED) is 0.931. The molecule has 5 nitrogen and oxygen atoms in total. The van der Waals surface area contributed by atoms with Crippen LogP contribution >= 0.6 is 0 Å². The lowest BCUT2D eigenvalue weighted by molar-refractivity contribution is 0.0875. The second-order valence-corrected chi connectivity index (χ2v) is 5.79. The van der Waals surface area contributed by atoms with E-state index in [-0.39, 0.29) is 11.9 Å². The van der Waals surface area contributed by atoms with E-state index in [9.17, 15) is 4.39 Å². The lowest BCUT2D eigenvalue weighted by Gasteiger charge is -2.25. The van der Waals surface area contributed by atoms with Gasteiger partial charge in [0.15, 0.2) is 0 Å². The van der Waals surface area contributed by atoms with Gasteiger partial charge in [0.1, 0.15) is 17.3 Å². The molecule has 2 aromatic rings. The molecule has 2 heterocycles. The number of hydrogen-bond acceptors (Lipinski definition) is 5. The maximum Gasteiger partial charge on any atom is 0.142 e. The molecule has 0 amide bonds. The maximum atomic E-state index is 14.6. The molecular formula is C17H21FN2O3. The zero-order valence-corrected chi connectivity index (χ0v) is 13.6. The predicted octanol–water partition coefficient (Wildman–Crippen LogP) is 3.70. The molecule has 1 saturated heterocycles. The Balaban J connectivity index is 1.95. The summed E-state index contributed by atoms with van der Waals surface area (Å²) in [5.74, 6) is 0.844. The fourth-order valence-corrected chi connectivity index (χ4v) is 2.97. The highest BCUT2D eigenvalue weighted by atomic mass is 19.1. The zero-order valence-electron chi connectivity index (χ0n) is 13.6. The first-order valence-electron chi connectivity index (χ1n) is 7.75. The Morgan fingerprint density at radius 3 is 2.78 bits per heavy atom. The maximum absolute atomic E-state index is 14.6. The van der Waals surface area contributed by atoms with Gasteiger partial charge >= 0.3 is 0 Å². The van der Waals surface area contributed by atoms with Gasteiger partial charge in [-0.15, -0.1) is 0 Å². The fraction of sp³-hybridized carbons (Fsp3) is 0.471. The van der Waals surface area contributed by atoms with E-state index in [4.69, 9.17) is 14.0 Å². The summed E-state index contributed by atoms with van der Waals surface area (Å²) in [7, 11) is 1.58. The van der Waals surface area contributed by atoms with Gasteiger partial charge in [0.05, 0.1) is 30.7 Å². The van der Waals surface area contributed by atoms with Crippen LogP contribution in [0.5, 0.6) is 5.75 Å². The summed E-state index contributed by atoms with van der Waals surface area (Å²) in [6.45, 7) is 4.97. The summed E-state index contributed by atoms with van der Waals surface area (Å²) < 4.78 is 30.7. The minimum atomic E-state index is -0.334. The molecule has 1 aromatic carbocycles. The van der Waals surface area contributed by atoms with Crippen LogP contribution in [-0.4, -0.2) is 31.5 Å². The van der Waals surface area contributed by atoms with Crippen molar-refractivity contribution in [3.63, 3.8) is 0 Å². The monoisotopic (exact) mass is 320 g/mol. The third kappa shape index (κ3) is 3.17. The van der Waals surface area contributed by atoms with Crippen LogP contribution in [0.3, 0.4) is 0 Å². The topological polar surface area (TPSA) is 56.5 Å². The van der Waals surface area contributed by atoms with Crippen molar-refractivity contribution in [3.05, 3.63) is 29.4 Å². The van der Waals surface area contributed by atoms with Crippen LogP contribution in [0.15, 0.2) is 16.7 Å². The van der Waals surface area contributed by atoms with Gasteiger partial charge in [0.2, 0.25) is 0 Å². The predicted molar refractivity (Wildman–Crippen MR) is 85.4 cm³/mol. The molecule has 0 saturated carbocycles. The average Bonchev–Trinajstić information content (AvgIpc) is 2.88. The Labute approximate surface area is 134 Å². The van der Waals surface area contributed by atoms with Crippen molar-refractivity contribution in [2.24, 2.45) is 0 Å². The first-order valence-corrected chi connectivity index (χ1v) is 7.75.